The summed E-state index contributed by atoms with van der Waals surface area (Å²) in [7, 11) is 0. The lowest BCUT2D eigenvalue weighted by atomic mass is 10.0. The van der Waals surface area contributed by atoms with Crippen LogP contribution in [0.25, 0.3) is 11.1 Å². The largest absolute Gasteiger partial charge is 0.573 e. The lowest BCUT2D eigenvalue weighted by Gasteiger charge is -2.10. The molecule has 2 aromatic rings. The van der Waals surface area contributed by atoms with E-state index < -0.39 is 13.0 Å². The summed E-state index contributed by atoms with van der Waals surface area (Å²) < 4.78 is 68.6. The number of hydrogen-bond donors (Lipinski definition) is 0. The quantitative estimate of drug-likeness (QED) is 0.762. The number of benzene rings is 2. The van der Waals surface area contributed by atoms with Gasteiger partial charge in [-0.1, -0.05) is 18.2 Å². The molecule has 0 amide bonds. The molecule has 23 heavy (non-hydrogen) atoms. The molecule has 0 radical (unpaired) electrons. The minimum absolute atomic E-state index is 0.113. The fourth-order valence-corrected chi connectivity index (χ4v) is 1.84. The topological polar surface area (TPSA) is 42.2 Å². The summed E-state index contributed by atoms with van der Waals surface area (Å²) >= 11 is 0. The molecular weight excluding hydrogens is 321 g/mol. The van der Waals surface area contributed by atoms with Crippen LogP contribution in [0.5, 0.6) is 11.5 Å². The molecule has 0 saturated heterocycles. The lowest BCUT2D eigenvalue weighted by Crippen LogP contribution is -2.16. The van der Waals surface area contributed by atoms with Crippen molar-refractivity contribution in [2.75, 3.05) is 0 Å². The van der Waals surface area contributed by atoms with E-state index in [0.717, 1.165) is 12.1 Å². The first-order chi connectivity index (χ1) is 10.8. The number of nitrogens with zero attached hydrogens (tertiary/aromatic N) is 1. The Morgan fingerprint density at radius 3 is 2.09 bits per heavy atom. The Morgan fingerprint density at radius 1 is 0.957 bits per heavy atom. The van der Waals surface area contributed by atoms with Crippen molar-refractivity contribution in [1.29, 1.82) is 5.26 Å². The van der Waals surface area contributed by atoms with Gasteiger partial charge in [0.25, 0.3) is 0 Å². The summed E-state index contributed by atoms with van der Waals surface area (Å²) in [5.41, 5.74) is 0.833. The lowest BCUT2D eigenvalue weighted by molar-refractivity contribution is -0.274. The molecule has 0 saturated carbocycles. The van der Waals surface area contributed by atoms with Crippen molar-refractivity contribution in [2.45, 2.75) is 13.0 Å². The second kappa shape index (κ2) is 6.52. The normalized spacial score (nSPS) is 11.2. The van der Waals surface area contributed by atoms with Gasteiger partial charge < -0.3 is 9.47 Å². The summed E-state index contributed by atoms with van der Waals surface area (Å²) in [5, 5.41) is 8.95. The molecule has 0 bridgehead atoms. The van der Waals surface area contributed by atoms with Gasteiger partial charge in [0.1, 0.15) is 17.6 Å². The molecular formula is C15H8F5NO2. The van der Waals surface area contributed by atoms with Gasteiger partial charge in [-0.3, -0.25) is 0 Å². The van der Waals surface area contributed by atoms with Crippen molar-refractivity contribution in [2.24, 2.45) is 0 Å². The van der Waals surface area contributed by atoms with E-state index in [1.807, 2.05) is 0 Å². The summed E-state index contributed by atoms with van der Waals surface area (Å²) in [5.74, 6) is -0.664. The zero-order valence-electron chi connectivity index (χ0n) is 11.3. The Morgan fingerprint density at radius 2 is 1.57 bits per heavy atom. The summed E-state index contributed by atoms with van der Waals surface area (Å²) in [6.07, 6.45) is -4.79. The zero-order valence-corrected chi connectivity index (χ0v) is 11.3. The predicted molar refractivity (Wildman–Crippen MR) is 69.9 cm³/mol. The van der Waals surface area contributed by atoms with Crippen LogP contribution >= 0.6 is 0 Å². The van der Waals surface area contributed by atoms with E-state index in [1.165, 1.54) is 30.3 Å². The zero-order chi connectivity index (χ0) is 17.0. The van der Waals surface area contributed by atoms with Crippen LogP contribution in [0.4, 0.5) is 22.0 Å². The maximum absolute atomic E-state index is 12.2. The van der Waals surface area contributed by atoms with Crippen molar-refractivity contribution >= 4 is 0 Å². The van der Waals surface area contributed by atoms with E-state index >= 15 is 0 Å². The van der Waals surface area contributed by atoms with E-state index in [2.05, 4.69) is 9.47 Å². The number of hydrogen-bond acceptors (Lipinski definition) is 3. The summed E-state index contributed by atoms with van der Waals surface area (Å²) in [4.78, 5) is 0. The first-order valence-electron chi connectivity index (χ1n) is 6.13. The van der Waals surface area contributed by atoms with Crippen molar-refractivity contribution in [3.05, 3.63) is 48.0 Å². The molecule has 0 aliphatic carbocycles. The molecule has 0 N–H and O–H groups in total. The van der Waals surface area contributed by atoms with Crippen molar-refractivity contribution in [3.63, 3.8) is 0 Å². The van der Waals surface area contributed by atoms with Gasteiger partial charge >= 0.3 is 13.0 Å². The van der Waals surface area contributed by atoms with E-state index in [4.69, 9.17) is 5.26 Å². The first kappa shape index (κ1) is 16.5. The molecule has 0 aliphatic rings. The third kappa shape index (κ3) is 4.57. The first-order valence-corrected chi connectivity index (χ1v) is 6.13. The van der Waals surface area contributed by atoms with Crippen molar-refractivity contribution in [1.82, 2.24) is 0 Å². The molecule has 3 nitrogen and oxygen atoms in total. The van der Waals surface area contributed by atoms with Gasteiger partial charge in [-0.25, -0.2) is 0 Å². The van der Waals surface area contributed by atoms with E-state index in [1.54, 1.807) is 6.07 Å². The Labute approximate surface area is 127 Å². The average molecular weight is 329 g/mol. The van der Waals surface area contributed by atoms with Crippen LogP contribution in [0, 0.1) is 11.3 Å². The highest BCUT2D eigenvalue weighted by atomic mass is 19.4. The summed E-state index contributed by atoms with van der Waals surface area (Å²) in [6.45, 7) is -3.06. The van der Waals surface area contributed by atoms with Crippen LogP contribution in [0.1, 0.15) is 5.56 Å². The molecule has 2 aromatic carbocycles. The maximum atomic E-state index is 12.2. The highest BCUT2D eigenvalue weighted by Crippen LogP contribution is 2.30. The number of alkyl halides is 5. The van der Waals surface area contributed by atoms with Gasteiger partial charge in [-0.2, -0.15) is 14.0 Å². The third-order valence-corrected chi connectivity index (χ3v) is 2.74. The molecule has 0 heterocycles. The van der Waals surface area contributed by atoms with E-state index in [9.17, 15) is 22.0 Å². The molecule has 0 atom stereocenters. The Hall–Kier alpha value is -2.82. The molecule has 0 unspecified atom stereocenters. The van der Waals surface area contributed by atoms with Gasteiger partial charge in [-0.15, -0.1) is 13.2 Å². The smallest absolute Gasteiger partial charge is 0.433 e. The van der Waals surface area contributed by atoms with Gasteiger partial charge in [0, 0.05) is 0 Å². The fraction of sp³-hybridized carbons (Fsp3) is 0.133. The predicted octanol–water partition coefficient (Wildman–Crippen LogP) is 4.73. The number of rotatable bonds is 4. The van der Waals surface area contributed by atoms with Crippen LogP contribution in [-0.4, -0.2) is 13.0 Å². The highest BCUT2D eigenvalue weighted by molar-refractivity contribution is 5.67. The van der Waals surface area contributed by atoms with E-state index in [0.29, 0.717) is 11.1 Å². The van der Waals surface area contributed by atoms with Crippen LogP contribution in [0.2, 0.25) is 0 Å². The number of halogens is 5. The molecule has 120 valence electrons. The van der Waals surface area contributed by atoms with Crippen LogP contribution in [-0.2, 0) is 0 Å². The van der Waals surface area contributed by atoms with Crippen molar-refractivity contribution in [3.8, 4) is 28.7 Å². The summed E-state index contributed by atoms with van der Waals surface area (Å²) in [6, 6.07) is 10.6. The SMILES string of the molecule is N#Cc1cc(-c2ccc(OC(F)(F)F)cc2)ccc1OC(F)F. The van der Waals surface area contributed by atoms with Crippen LogP contribution in [0.3, 0.4) is 0 Å². The molecule has 8 heteroatoms. The average Bonchev–Trinajstić information content (AvgIpc) is 2.46. The number of nitriles is 1. The monoisotopic (exact) mass is 329 g/mol. The second-order valence-corrected chi connectivity index (χ2v) is 4.27. The molecule has 2 rings (SSSR count). The Bertz CT molecular complexity index is 720. The minimum Gasteiger partial charge on any atom is -0.433 e. The van der Waals surface area contributed by atoms with E-state index in [-0.39, 0.29) is 17.1 Å². The highest BCUT2D eigenvalue weighted by Gasteiger charge is 2.30. The van der Waals surface area contributed by atoms with Crippen LogP contribution < -0.4 is 9.47 Å². The third-order valence-electron chi connectivity index (χ3n) is 2.74. The van der Waals surface area contributed by atoms with Crippen LogP contribution in [0.15, 0.2) is 42.5 Å². The molecule has 0 fully saturated rings. The minimum atomic E-state index is -4.79. The van der Waals surface area contributed by atoms with Gasteiger partial charge in [0.2, 0.25) is 0 Å². The van der Waals surface area contributed by atoms with Gasteiger partial charge in [0.05, 0.1) is 5.56 Å². The van der Waals surface area contributed by atoms with Gasteiger partial charge in [0.15, 0.2) is 0 Å². The fourth-order valence-electron chi connectivity index (χ4n) is 1.84. The molecule has 0 spiro atoms. The second-order valence-electron chi connectivity index (χ2n) is 4.27. The Balaban J connectivity index is 2.27. The molecule has 0 aliphatic heterocycles. The number of ether oxygens (including phenoxy) is 2. The van der Waals surface area contributed by atoms with Crippen molar-refractivity contribution < 1.29 is 31.4 Å². The molecule has 0 aromatic heterocycles. The maximum Gasteiger partial charge on any atom is 0.573 e. The van der Waals surface area contributed by atoms with Gasteiger partial charge in [-0.05, 0) is 35.4 Å². The standard InChI is InChI=1S/C15H8F5NO2/c16-14(17)22-13-6-3-10(7-11(13)8-21)9-1-4-12(5-2-9)23-15(18,19)20/h1-7,14H. The Kier molecular flexibility index (Phi) is 4.69.